The number of anilines is 1. The van der Waals surface area contributed by atoms with Crippen molar-refractivity contribution in [3.63, 3.8) is 0 Å². The van der Waals surface area contributed by atoms with Gasteiger partial charge in [-0.15, -0.1) is 24.0 Å². The largest absolute Gasteiger partial charge is 0.390 e. The van der Waals surface area contributed by atoms with Gasteiger partial charge in [-0.05, 0) is 43.9 Å². The monoisotopic (exact) mass is 518 g/mol. The summed E-state index contributed by atoms with van der Waals surface area (Å²) in [7, 11) is 0. The average Bonchev–Trinajstić information content (AvgIpc) is 3.02. The number of alkyl halides is 3. The number of rotatable bonds is 6. The van der Waals surface area contributed by atoms with Crippen LogP contribution in [0.15, 0.2) is 23.2 Å². The molecule has 1 unspecified atom stereocenters. The van der Waals surface area contributed by atoms with Crippen molar-refractivity contribution in [2.75, 3.05) is 37.6 Å². The van der Waals surface area contributed by atoms with Crippen molar-refractivity contribution in [3.8, 4) is 0 Å². The van der Waals surface area contributed by atoms with Crippen LogP contribution >= 0.6 is 35.6 Å². The van der Waals surface area contributed by atoms with Gasteiger partial charge in [-0.2, -0.15) is 13.2 Å². The molecule has 9 heteroatoms. The van der Waals surface area contributed by atoms with E-state index in [0.717, 1.165) is 30.2 Å². The van der Waals surface area contributed by atoms with Crippen LogP contribution < -0.4 is 15.5 Å². The van der Waals surface area contributed by atoms with E-state index in [0.29, 0.717) is 25.0 Å². The Morgan fingerprint density at radius 2 is 2.07 bits per heavy atom. The number of aliphatic imine (C=N–C) groups is 1. The molecule has 0 amide bonds. The Morgan fingerprint density at radius 1 is 1.33 bits per heavy atom. The first kappa shape index (κ1) is 24.1. The molecule has 27 heavy (non-hydrogen) atoms. The third kappa shape index (κ3) is 8.33. The molecule has 1 heterocycles. The highest BCUT2D eigenvalue weighted by Crippen LogP contribution is 2.29. The van der Waals surface area contributed by atoms with Crippen LogP contribution in [0.25, 0.3) is 0 Å². The number of nitrogens with one attached hydrogen (secondary N) is 2. The fourth-order valence-corrected chi connectivity index (χ4v) is 3.17. The zero-order valence-corrected chi connectivity index (χ0v) is 18.7. The van der Waals surface area contributed by atoms with Crippen LogP contribution in [0.4, 0.5) is 18.9 Å². The highest BCUT2D eigenvalue weighted by molar-refractivity contribution is 14.0. The first-order valence-electron chi connectivity index (χ1n) is 8.88. The fourth-order valence-electron chi connectivity index (χ4n) is 3.01. The van der Waals surface area contributed by atoms with Gasteiger partial charge in [0, 0.05) is 43.4 Å². The maximum atomic E-state index is 12.3. The SMILES string of the molecule is CCNC(=NCC1CCN(c2cc(Cl)ccc2C)C1)NCCC(F)(F)F.I. The lowest BCUT2D eigenvalue weighted by molar-refractivity contribution is -0.132. The highest BCUT2D eigenvalue weighted by atomic mass is 127. The van der Waals surface area contributed by atoms with E-state index in [1.165, 1.54) is 5.56 Å². The summed E-state index contributed by atoms with van der Waals surface area (Å²) in [6.07, 6.45) is -4.04. The van der Waals surface area contributed by atoms with E-state index in [-0.39, 0.29) is 30.5 Å². The third-order valence-electron chi connectivity index (χ3n) is 4.35. The van der Waals surface area contributed by atoms with E-state index in [1.807, 2.05) is 25.1 Å². The van der Waals surface area contributed by atoms with Crippen LogP contribution in [0, 0.1) is 12.8 Å². The molecule has 0 saturated carbocycles. The molecule has 0 aromatic heterocycles. The summed E-state index contributed by atoms with van der Waals surface area (Å²) in [6, 6.07) is 5.87. The quantitative estimate of drug-likeness (QED) is 0.329. The zero-order valence-electron chi connectivity index (χ0n) is 15.6. The summed E-state index contributed by atoms with van der Waals surface area (Å²) >= 11 is 6.10. The summed E-state index contributed by atoms with van der Waals surface area (Å²) in [4.78, 5) is 6.75. The maximum Gasteiger partial charge on any atom is 0.390 e. The lowest BCUT2D eigenvalue weighted by Crippen LogP contribution is -2.39. The second-order valence-electron chi connectivity index (χ2n) is 6.54. The standard InChI is InChI=1S/C18H26ClF3N4.HI/c1-3-23-17(24-8-7-18(20,21)22)25-11-14-6-9-26(12-14)16-10-15(19)5-4-13(16)2;/h4-5,10,14H,3,6-9,11-12H2,1-2H3,(H2,23,24,25);1H. The van der Waals surface area contributed by atoms with Crippen molar-refractivity contribution in [2.24, 2.45) is 10.9 Å². The lowest BCUT2D eigenvalue weighted by Gasteiger charge is -2.21. The topological polar surface area (TPSA) is 39.7 Å². The minimum absolute atomic E-state index is 0. The van der Waals surface area contributed by atoms with Crippen molar-refractivity contribution in [1.29, 1.82) is 0 Å². The van der Waals surface area contributed by atoms with Crippen molar-refractivity contribution in [3.05, 3.63) is 28.8 Å². The summed E-state index contributed by atoms with van der Waals surface area (Å²) in [5.74, 6) is 0.806. The van der Waals surface area contributed by atoms with Crippen molar-refractivity contribution in [1.82, 2.24) is 10.6 Å². The van der Waals surface area contributed by atoms with Gasteiger partial charge in [0.15, 0.2) is 5.96 Å². The van der Waals surface area contributed by atoms with Gasteiger partial charge in [-0.3, -0.25) is 4.99 Å². The van der Waals surface area contributed by atoms with E-state index in [9.17, 15) is 13.2 Å². The Kier molecular flexibility index (Phi) is 10.0. The molecule has 2 N–H and O–H groups in total. The van der Waals surface area contributed by atoms with E-state index in [4.69, 9.17) is 11.6 Å². The molecule has 0 spiro atoms. The van der Waals surface area contributed by atoms with Crippen LogP contribution in [-0.2, 0) is 0 Å². The Balaban J connectivity index is 0.00000364. The Bertz CT molecular complexity index is 625. The summed E-state index contributed by atoms with van der Waals surface area (Å²) in [6.45, 7) is 6.76. The lowest BCUT2D eigenvalue weighted by atomic mass is 10.1. The molecule has 1 aromatic rings. The zero-order chi connectivity index (χ0) is 19.2. The van der Waals surface area contributed by atoms with Gasteiger partial charge in [0.1, 0.15) is 0 Å². The molecule has 154 valence electrons. The second kappa shape index (κ2) is 11.2. The molecule has 0 aliphatic carbocycles. The smallest absolute Gasteiger partial charge is 0.371 e. The van der Waals surface area contributed by atoms with Gasteiger partial charge in [-0.1, -0.05) is 17.7 Å². The van der Waals surface area contributed by atoms with Crippen molar-refractivity contribution >= 4 is 47.2 Å². The van der Waals surface area contributed by atoms with Gasteiger partial charge in [0.2, 0.25) is 0 Å². The predicted molar refractivity (Wildman–Crippen MR) is 117 cm³/mol. The van der Waals surface area contributed by atoms with Crippen LogP contribution in [0.2, 0.25) is 5.02 Å². The van der Waals surface area contributed by atoms with E-state index >= 15 is 0 Å². The molecule has 1 aliphatic rings. The predicted octanol–water partition coefficient (Wildman–Crippen LogP) is 4.60. The van der Waals surface area contributed by atoms with Gasteiger partial charge >= 0.3 is 6.18 Å². The maximum absolute atomic E-state index is 12.3. The van der Waals surface area contributed by atoms with Crippen LogP contribution in [0.3, 0.4) is 0 Å². The number of hydrogen-bond acceptors (Lipinski definition) is 2. The number of aryl methyl sites for hydroxylation is 1. The summed E-state index contributed by atoms with van der Waals surface area (Å²) in [5, 5.41) is 6.46. The van der Waals surface area contributed by atoms with Gasteiger partial charge in [0.25, 0.3) is 0 Å². The van der Waals surface area contributed by atoms with Gasteiger partial charge < -0.3 is 15.5 Å². The molecule has 1 fully saturated rings. The number of guanidine groups is 1. The van der Waals surface area contributed by atoms with Gasteiger partial charge in [-0.25, -0.2) is 0 Å². The van der Waals surface area contributed by atoms with E-state index in [2.05, 4.69) is 27.4 Å². The number of benzene rings is 1. The summed E-state index contributed by atoms with van der Waals surface area (Å²) in [5.41, 5.74) is 2.32. The highest BCUT2D eigenvalue weighted by Gasteiger charge is 2.26. The molecule has 0 bridgehead atoms. The first-order chi connectivity index (χ1) is 12.3. The molecular weight excluding hydrogens is 492 g/mol. The second-order valence-corrected chi connectivity index (χ2v) is 6.98. The molecule has 1 aliphatic heterocycles. The normalized spacial score (nSPS) is 17.6. The molecule has 1 saturated heterocycles. The molecule has 4 nitrogen and oxygen atoms in total. The number of nitrogens with zero attached hydrogens (tertiary/aromatic N) is 2. The molecule has 1 atom stereocenters. The molecule has 2 rings (SSSR count). The van der Waals surface area contributed by atoms with Crippen LogP contribution in [-0.4, -0.2) is 44.9 Å². The van der Waals surface area contributed by atoms with E-state index < -0.39 is 12.6 Å². The number of halogens is 5. The Hall–Kier alpha value is -0.900. The summed E-state index contributed by atoms with van der Waals surface area (Å²) < 4.78 is 36.8. The van der Waals surface area contributed by atoms with Gasteiger partial charge in [0.05, 0.1) is 6.42 Å². The van der Waals surface area contributed by atoms with Crippen molar-refractivity contribution in [2.45, 2.75) is 32.9 Å². The molecule has 1 aromatic carbocycles. The van der Waals surface area contributed by atoms with Crippen LogP contribution in [0.1, 0.15) is 25.3 Å². The van der Waals surface area contributed by atoms with E-state index in [1.54, 1.807) is 0 Å². The first-order valence-corrected chi connectivity index (χ1v) is 9.26. The minimum atomic E-state index is -4.16. The van der Waals surface area contributed by atoms with Crippen molar-refractivity contribution < 1.29 is 13.2 Å². The Morgan fingerprint density at radius 3 is 2.74 bits per heavy atom. The fraction of sp³-hybridized carbons (Fsp3) is 0.611. The number of hydrogen-bond donors (Lipinski definition) is 2. The minimum Gasteiger partial charge on any atom is -0.371 e. The average molecular weight is 519 g/mol. The Labute approximate surface area is 181 Å². The third-order valence-corrected chi connectivity index (χ3v) is 4.59. The molecule has 0 radical (unpaired) electrons. The molecular formula is C18H27ClF3IN4. The van der Waals surface area contributed by atoms with Crippen LogP contribution in [0.5, 0.6) is 0 Å².